The van der Waals surface area contributed by atoms with Crippen LogP contribution < -0.4 is 84.3 Å². The number of carbonyl (C=O) groups excluding carboxylic acids is 3. The van der Waals surface area contributed by atoms with Gasteiger partial charge >= 0.3 is 65.1 Å². The first-order valence-electron chi connectivity index (χ1n) is 40.1. The normalized spacial score (nSPS) is 18.4. The van der Waals surface area contributed by atoms with E-state index in [0.717, 1.165) is 192 Å². The van der Waals surface area contributed by atoms with Crippen LogP contribution in [-0.2, 0) is 9.59 Å². The summed E-state index contributed by atoms with van der Waals surface area (Å²) < 4.78 is 0. The fourth-order valence-corrected chi connectivity index (χ4v) is 18.8. The van der Waals surface area contributed by atoms with Gasteiger partial charge < -0.3 is 50.4 Å². The van der Waals surface area contributed by atoms with E-state index in [1.807, 2.05) is 127 Å². The van der Waals surface area contributed by atoms with E-state index in [0.29, 0.717) is 58.0 Å². The molecule has 10 aromatic rings. The van der Waals surface area contributed by atoms with Crippen molar-refractivity contribution in [1.82, 2.24) is 29.7 Å². The van der Waals surface area contributed by atoms with Gasteiger partial charge in [0.1, 0.15) is 22.9 Å². The number of halogens is 2. The van der Waals surface area contributed by atoms with Gasteiger partial charge in [-0.2, -0.15) is 0 Å². The topological polar surface area (TPSA) is 244 Å². The molecule has 118 heavy (non-hydrogen) atoms. The summed E-state index contributed by atoms with van der Waals surface area (Å²) >= 11 is 6.24. The summed E-state index contributed by atoms with van der Waals surface area (Å²) in [5, 5.41) is 9.97. The second-order valence-corrected chi connectivity index (χ2v) is 31.5. The van der Waals surface area contributed by atoms with Crippen LogP contribution in [0.2, 0.25) is 5.15 Å². The van der Waals surface area contributed by atoms with E-state index < -0.39 is 5.97 Å². The maximum atomic E-state index is 12.1. The van der Waals surface area contributed by atoms with Crippen LogP contribution in [0.5, 0.6) is 0 Å². The number of hydrogen-bond acceptors (Lipinski definition) is 16. The average molecular weight is 1640 g/mol. The van der Waals surface area contributed by atoms with Gasteiger partial charge in [-0.15, -0.1) is 17.4 Å². The smallest absolute Gasteiger partial charge is 0.870 e. The quantitative estimate of drug-likeness (QED) is 0.0495. The summed E-state index contributed by atoms with van der Waals surface area (Å²) in [7, 11) is 0. The Hall–Kier alpha value is -9.11. The van der Waals surface area contributed by atoms with Gasteiger partial charge in [-0.1, -0.05) is 208 Å². The molecule has 0 radical (unpaired) electrons. The van der Waals surface area contributed by atoms with Gasteiger partial charge in [-0.25, -0.2) is 14.8 Å². The van der Waals surface area contributed by atoms with Crippen molar-refractivity contribution in [2.75, 3.05) is 105 Å². The number of aromatic carboxylic acids is 1. The van der Waals surface area contributed by atoms with Crippen LogP contribution in [0.25, 0.3) is 55.4 Å². The summed E-state index contributed by atoms with van der Waals surface area (Å²) in [6, 6.07) is 67.7. The predicted octanol–water partition coefficient (Wildman–Crippen LogP) is 12.8. The molecule has 0 saturated carbocycles. The molecule has 0 aliphatic carbocycles. The van der Waals surface area contributed by atoms with E-state index in [1.165, 1.54) is 83.5 Å². The molecule has 4 aromatic heterocycles. The molecule has 6 aromatic carbocycles. The Bertz CT molecular complexity index is 5180. The molecule has 23 heteroatoms. The van der Waals surface area contributed by atoms with Crippen molar-refractivity contribution >= 4 is 82.5 Å². The number of nitrogens with one attached hydrogen (secondary N) is 1. The zero-order valence-electron chi connectivity index (χ0n) is 66.6. The van der Waals surface area contributed by atoms with Crippen molar-refractivity contribution in [3.63, 3.8) is 0 Å². The third-order valence-electron chi connectivity index (χ3n) is 24.5. The fourth-order valence-electron chi connectivity index (χ4n) is 18.6. The zero-order valence-corrected chi connectivity index (χ0v) is 72.1. The number of fused-ring (bicyclic) bond motifs is 14. The number of carboxylic acid groups (broad SMARTS) is 1. The number of Topliss-reactive ketones (excluding diaryl/α,β-unsaturated/α-hetero) is 2. The maximum Gasteiger partial charge on any atom is 1.00 e. The Balaban J connectivity index is 0.000000146. The van der Waals surface area contributed by atoms with Crippen molar-refractivity contribution in [2.24, 2.45) is 11.8 Å². The zero-order chi connectivity index (χ0) is 76.6. The summed E-state index contributed by atoms with van der Waals surface area (Å²) in [6.07, 6.45) is 16.5. The number of nitrogens with zero attached hydrogens (tertiary/aromatic N) is 10. The summed E-state index contributed by atoms with van der Waals surface area (Å²) in [6.45, 7) is 21.3. The van der Waals surface area contributed by atoms with E-state index in [1.54, 1.807) is 24.3 Å². The molecule has 22 heterocycles. The number of H-pyrrole nitrogens is 1. The van der Waals surface area contributed by atoms with Crippen LogP contribution >= 0.6 is 24.0 Å². The molecule has 0 unspecified atom stereocenters. The molecular formula is C95H101Cl2N11Na2O8. The first kappa shape index (κ1) is 91.2. The van der Waals surface area contributed by atoms with Crippen LogP contribution in [0.1, 0.15) is 157 Å². The Kier molecular flexibility index (Phi) is 32.6. The number of aromatic amines is 1. The molecule has 18 aliphatic rings. The second kappa shape index (κ2) is 42.2. The molecule has 12 bridgehead atoms. The Morgan fingerprint density at radius 2 is 0.797 bits per heavy atom. The minimum absolute atomic E-state index is 0. The molecule has 18 aliphatic heterocycles. The standard InChI is InChI=1S/C17H15N3.C17H16N2O2.C16H15ClN2.C16H16N2O.C14H15NO.C7H11NO.C7H6O.CH4.ClH.2Na.2H2O/c1-18-15-11-14(12-5-3-2-4-6-12)17-16(19-15)13-7-9-20(17)10-8-13;20-17(21)14-10-13(11-4-2-1-3-5-11)16-15(18-14)12-6-8-19(16)9-7-12;17-14-10-13(11-4-2-1-3-5-11)16-15(18-14)12-6-8-19(16)9-7-12;19-14-10-13(11-4-2-1-3-5-11)16-15(17-14)12-6-8-18(16)9-7-12;16-14-12-6-8-15(9-7-12)13(14)10-11-4-2-1-3-5-11;9-7-5-8-3-1-6(7)2-4-8;8-6-7-4-2-1-3-5-7;;;;;;/h2-6,11,13H,7-10H2;1-5,10,12H,6-9H2,(H,20,21);1-5,10,12H,6-9H2;1-5,10,12H,6-9H2,(H,17,19);1-5,10,12H,6-9H2;6H,1-5H2;1-6H;1H4;1H;;;2*1H2/q;;;;;;;;;2*+1;;/p-2/b;;;;13-10-;;;;;;;;. The molecule has 19 nitrogen and oxygen atoms in total. The number of carbonyl (C=O) groups is 4. The largest absolute Gasteiger partial charge is 1.00 e. The molecule has 0 amide bonds. The Morgan fingerprint density at radius 3 is 1.18 bits per heavy atom. The van der Waals surface area contributed by atoms with Crippen LogP contribution in [0.4, 0.5) is 28.6 Å². The Labute approximate surface area is 747 Å². The minimum Gasteiger partial charge on any atom is -0.870 e. The molecule has 10 saturated heterocycles. The molecule has 4 N–H and O–H groups in total. The molecule has 10 fully saturated rings. The van der Waals surface area contributed by atoms with E-state index in [4.69, 9.17) is 18.2 Å². The van der Waals surface area contributed by atoms with Gasteiger partial charge in [0.2, 0.25) is 5.56 Å². The van der Waals surface area contributed by atoms with Crippen molar-refractivity contribution in [3.8, 4) is 44.5 Å². The number of ketones is 2. The maximum absolute atomic E-state index is 12.1. The van der Waals surface area contributed by atoms with E-state index in [2.05, 4.69) is 115 Å². The van der Waals surface area contributed by atoms with Gasteiger partial charge in [0, 0.05) is 141 Å². The number of benzene rings is 6. The van der Waals surface area contributed by atoms with Gasteiger partial charge in [0.05, 0.1) is 46.4 Å². The van der Waals surface area contributed by atoms with Crippen LogP contribution in [0, 0.1) is 18.4 Å². The molecule has 0 spiro atoms. The number of anilines is 4. The predicted molar refractivity (Wildman–Crippen MR) is 464 cm³/mol. The fraction of sp³-hybridized carbons (Fsp3) is 0.337. The average Bonchev–Trinajstić information content (AvgIpc) is 0.767. The number of hydrogen-bond donors (Lipinski definition) is 2. The summed E-state index contributed by atoms with van der Waals surface area (Å²) in [5.74, 6) is 3.22. The van der Waals surface area contributed by atoms with Gasteiger partial charge in [-0.3, -0.25) is 24.1 Å². The number of aldehydes is 1. The van der Waals surface area contributed by atoms with Crippen LogP contribution in [0.3, 0.4) is 0 Å². The first-order chi connectivity index (χ1) is 54.9. The second-order valence-electron chi connectivity index (χ2n) is 31.1. The van der Waals surface area contributed by atoms with Gasteiger partial charge in [0.25, 0.3) is 5.82 Å². The molecule has 600 valence electrons. The van der Waals surface area contributed by atoms with Crippen LogP contribution in [0.15, 0.2) is 217 Å². The first-order valence-corrected chi connectivity index (χ1v) is 40.5. The van der Waals surface area contributed by atoms with E-state index >= 15 is 0 Å². The number of carboxylic acids is 1. The molecule has 28 rings (SSSR count). The summed E-state index contributed by atoms with van der Waals surface area (Å²) in [5.41, 5.74) is 21.5. The number of rotatable bonds is 7. The number of pyridine rings is 4. The third-order valence-corrected chi connectivity index (χ3v) is 24.7. The number of allylic oxidation sites excluding steroid dienone is 1. The monoisotopic (exact) mass is 1640 g/mol. The number of aromatic nitrogens is 4. The van der Waals surface area contributed by atoms with Crippen LogP contribution in [-0.4, -0.2) is 155 Å². The van der Waals surface area contributed by atoms with Crippen molar-refractivity contribution in [1.29, 1.82) is 0 Å². The van der Waals surface area contributed by atoms with Gasteiger partial charge in [0.15, 0.2) is 11.5 Å². The van der Waals surface area contributed by atoms with E-state index in [9.17, 15) is 29.1 Å². The Morgan fingerprint density at radius 1 is 0.441 bits per heavy atom. The van der Waals surface area contributed by atoms with Crippen molar-refractivity contribution in [2.45, 2.75) is 108 Å². The van der Waals surface area contributed by atoms with Crippen molar-refractivity contribution < 1.29 is 94.4 Å². The van der Waals surface area contributed by atoms with E-state index in [-0.39, 0.29) is 101 Å². The third kappa shape index (κ3) is 20.3. The number of piperidine rings is 10. The minimum atomic E-state index is -0.952. The molecular weight excluding hydrogens is 1540 g/mol. The summed E-state index contributed by atoms with van der Waals surface area (Å²) in [4.78, 5) is 90.9. The van der Waals surface area contributed by atoms with Gasteiger partial charge in [-0.05, 0) is 142 Å². The van der Waals surface area contributed by atoms with Crippen molar-refractivity contribution in [3.05, 3.63) is 278 Å². The SMILES string of the molecule is C.Cl.Clc1cc(-c2ccccc2)c2c(n1)C1CCN2CC1.O=C(O)c1cc(-c2ccccc2)c2c(n1)C1CCN2CC1.O=C1/C(=C/c2ccccc2)N2CCC1CC2.O=C1CN2CCC1CC2.O=Cc1ccccc1.O=c1cc(-c2ccccc2)c2c([nH]1)C1CCN2CC1.[C-]#[N+]c1cc(-c2ccccc2)c2c(n1)C1CCN2CC1.[Na+].[Na+].[OH-].[OH-]. The molecule has 0 atom stereocenters.